The minimum Gasteiger partial charge on any atom is -0.299 e. The molecule has 1 unspecified atom stereocenters. The molecule has 3 fully saturated rings. The molecule has 2 heterocycles. The topological polar surface area (TPSA) is 6.48 Å². The highest BCUT2D eigenvalue weighted by molar-refractivity contribution is 4.90. The Morgan fingerprint density at radius 2 is 1.43 bits per heavy atom. The van der Waals surface area contributed by atoms with Crippen molar-refractivity contribution in [3.8, 4) is 0 Å². The Balaban J connectivity index is 1.65. The van der Waals surface area contributed by atoms with Crippen LogP contribution in [-0.4, -0.2) is 48.1 Å². The molecule has 0 aromatic carbocycles. The predicted molar refractivity (Wildman–Crippen MR) is 58.4 cm³/mol. The van der Waals surface area contributed by atoms with Crippen LogP contribution in [0.1, 0.15) is 38.5 Å². The molecule has 3 aliphatic rings. The molecule has 1 saturated carbocycles. The lowest BCUT2D eigenvalue weighted by atomic mass is 10.0. The monoisotopic (exact) mass is 194 g/mol. The molecule has 0 radical (unpaired) electrons. The van der Waals surface area contributed by atoms with Crippen LogP contribution in [0.4, 0.5) is 0 Å². The first-order chi connectivity index (χ1) is 6.93. The van der Waals surface area contributed by atoms with Crippen molar-refractivity contribution in [2.24, 2.45) is 0 Å². The molecule has 0 aromatic rings. The Morgan fingerprint density at radius 3 is 2.29 bits per heavy atom. The molecular formula is C12H22N2. The molecule has 14 heavy (non-hydrogen) atoms. The van der Waals surface area contributed by atoms with Crippen molar-refractivity contribution in [3.63, 3.8) is 0 Å². The van der Waals surface area contributed by atoms with Crippen LogP contribution in [-0.2, 0) is 0 Å². The van der Waals surface area contributed by atoms with Crippen molar-refractivity contribution < 1.29 is 0 Å². The largest absolute Gasteiger partial charge is 0.299 e. The SMILES string of the molecule is C1CCN2CCCN(C3CC3)CC2C1. The van der Waals surface area contributed by atoms with E-state index in [-0.39, 0.29) is 0 Å². The molecule has 3 rings (SSSR count). The zero-order valence-electron chi connectivity index (χ0n) is 9.12. The highest BCUT2D eigenvalue weighted by Crippen LogP contribution is 2.30. The maximum absolute atomic E-state index is 2.77. The summed E-state index contributed by atoms with van der Waals surface area (Å²) in [7, 11) is 0. The van der Waals surface area contributed by atoms with Gasteiger partial charge in [0.1, 0.15) is 0 Å². The van der Waals surface area contributed by atoms with E-state index in [9.17, 15) is 0 Å². The average Bonchev–Trinajstić information content (AvgIpc) is 3.04. The lowest BCUT2D eigenvalue weighted by molar-refractivity contribution is 0.134. The number of piperidine rings is 1. The Hall–Kier alpha value is -0.0800. The second-order valence-corrected chi connectivity index (χ2v) is 5.27. The first-order valence-corrected chi connectivity index (χ1v) is 6.41. The summed E-state index contributed by atoms with van der Waals surface area (Å²) in [6.45, 7) is 5.50. The van der Waals surface area contributed by atoms with Gasteiger partial charge in [0.15, 0.2) is 0 Å². The summed E-state index contributed by atoms with van der Waals surface area (Å²) >= 11 is 0. The van der Waals surface area contributed by atoms with Crippen LogP contribution in [0, 0.1) is 0 Å². The summed E-state index contributed by atoms with van der Waals surface area (Å²) in [4.78, 5) is 5.53. The van der Waals surface area contributed by atoms with Crippen molar-refractivity contribution in [3.05, 3.63) is 0 Å². The first kappa shape index (κ1) is 9.17. The van der Waals surface area contributed by atoms with E-state index in [1.807, 2.05) is 0 Å². The van der Waals surface area contributed by atoms with Crippen LogP contribution in [0.15, 0.2) is 0 Å². The van der Waals surface area contributed by atoms with Crippen molar-refractivity contribution in [2.45, 2.75) is 50.6 Å². The van der Waals surface area contributed by atoms with Crippen LogP contribution >= 0.6 is 0 Å². The van der Waals surface area contributed by atoms with E-state index in [0.717, 1.165) is 12.1 Å². The molecular weight excluding hydrogens is 172 g/mol. The number of hydrogen-bond acceptors (Lipinski definition) is 2. The molecule has 0 N–H and O–H groups in total. The Morgan fingerprint density at radius 1 is 0.643 bits per heavy atom. The van der Waals surface area contributed by atoms with Crippen molar-refractivity contribution >= 4 is 0 Å². The quantitative estimate of drug-likeness (QED) is 0.627. The highest BCUT2D eigenvalue weighted by atomic mass is 15.3. The van der Waals surface area contributed by atoms with E-state index in [0.29, 0.717) is 0 Å². The second kappa shape index (κ2) is 3.82. The van der Waals surface area contributed by atoms with Crippen LogP contribution in [0.25, 0.3) is 0 Å². The molecule has 0 amide bonds. The van der Waals surface area contributed by atoms with Crippen molar-refractivity contribution in [2.75, 3.05) is 26.2 Å². The number of rotatable bonds is 1. The van der Waals surface area contributed by atoms with Gasteiger partial charge in [0, 0.05) is 18.6 Å². The predicted octanol–water partition coefficient (Wildman–Crippen LogP) is 1.71. The standard InChI is InChI=1S/C12H22N2/c1-2-7-13-8-3-9-14(11-5-6-11)10-12(13)4-1/h11-12H,1-10H2. The van der Waals surface area contributed by atoms with Gasteiger partial charge in [-0.05, 0) is 51.7 Å². The van der Waals surface area contributed by atoms with Gasteiger partial charge < -0.3 is 0 Å². The van der Waals surface area contributed by atoms with E-state index in [2.05, 4.69) is 9.80 Å². The van der Waals surface area contributed by atoms with Gasteiger partial charge in [-0.3, -0.25) is 9.80 Å². The maximum Gasteiger partial charge on any atom is 0.0223 e. The fourth-order valence-corrected chi connectivity index (χ4v) is 3.17. The van der Waals surface area contributed by atoms with Gasteiger partial charge in [0.25, 0.3) is 0 Å². The summed E-state index contributed by atoms with van der Waals surface area (Å²) in [5.41, 5.74) is 0. The van der Waals surface area contributed by atoms with Crippen LogP contribution in [0.5, 0.6) is 0 Å². The molecule has 2 heteroatoms. The fraction of sp³-hybridized carbons (Fsp3) is 1.00. The van der Waals surface area contributed by atoms with Gasteiger partial charge in [-0.1, -0.05) is 6.42 Å². The molecule has 1 atom stereocenters. The summed E-state index contributed by atoms with van der Waals surface area (Å²) in [5.74, 6) is 0. The maximum atomic E-state index is 2.77. The molecule has 0 spiro atoms. The summed E-state index contributed by atoms with van der Waals surface area (Å²) < 4.78 is 0. The van der Waals surface area contributed by atoms with E-state index in [1.165, 1.54) is 64.7 Å². The zero-order chi connectivity index (χ0) is 9.38. The Labute approximate surface area is 87.3 Å². The van der Waals surface area contributed by atoms with Gasteiger partial charge in [-0.2, -0.15) is 0 Å². The summed E-state index contributed by atoms with van der Waals surface area (Å²) in [6.07, 6.45) is 8.75. The van der Waals surface area contributed by atoms with Crippen LogP contribution in [0.2, 0.25) is 0 Å². The van der Waals surface area contributed by atoms with Gasteiger partial charge in [0.05, 0.1) is 0 Å². The van der Waals surface area contributed by atoms with Crippen molar-refractivity contribution in [1.82, 2.24) is 9.80 Å². The molecule has 80 valence electrons. The van der Waals surface area contributed by atoms with Gasteiger partial charge in [0.2, 0.25) is 0 Å². The minimum absolute atomic E-state index is 0.909. The van der Waals surface area contributed by atoms with E-state index >= 15 is 0 Å². The third-order valence-corrected chi connectivity index (χ3v) is 4.15. The summed E-state index contributed by atoms with van der Waals surface area (Å²) in [6, 6.07) is 1.89. The van der Waals surface area contributed by atoms with Crippen LogP contribution in [0.3, 0.4) is 0 Å². The molecule has 1 aliphatic carbocycles. The molecule has 0 bridgehead atoms. The average molecular weight is 194 g/mol. The highest BCUT2D eigenvalue weighted by Gasteiger charge is 2.34. The Kier molecular flexibility index (Phi) is 2.50. The van der Waals surface area contributed by atoms with E-state index < -0.39 is 0 Å². The summed E-state index contributed by atoms with van der Waals surface area (Å²) in [5, 5.41) is 0. The Bertz CT molecular complexity index is 200. The van der Waals surface area contributed by atoms with Gasteiger partial charge in [-0.15, -0.1) is 0 Å². The minimum atomic E-state index is 0.909. The lowest BCUT2D eigenvalue weighted by Crippen LogP contribution is -2.44. The van der Waals surface area contributed by atoms with E-state index in [4.69, 9.17) is 0 Å². The number of nitrogens with zero attached hydrogens (tertiary/aromatic N) is 2. The number of fused-ring (bicyclic) bond motifs is 1. The third kappa shape index (κ3) is 1.82. The zero-order valence-corrected chi connectivity index (χ0v) is 9.12. The molecule has 2 aliphatic heterocycles. The van der Waals surface area contributed by atoms with E-state index in [1.54, 1.807) is 0 Å². The fourth-order valence-electron chi connectivity index (χ4n) is 3.17. The van der Waals surface area contributed by atoms with Crippen molar-refractivity contribution in [1.29, 1.82) is 0 Å². The van der Waals surface area contributed by atoms with Crippen LogP contribution < -0.4 is 0 Å². The third-order valence-electron chi connectivity index (χ3n) is 4.15. The first-order valence-electron chi connectivity index (χ1n) is 6.41. The lowest BCUT2D eigenvalue weighted by Gasteiger charge is -2.35. The molecule has 2 saturated heterocycles. The van der Waals surface area contributed by atoms with Gasteiger partial charge in [-0.25, -0.2) is 0 Å². The molecule has 0 aromatic heterocycles. The number of hydrogen-bond donors (Lipinski definition) is 0. The molecule has 2 nitrogen and oxygen atoms in total. The normalized spacial score (nSPS) is 36.4. The van der Waals surface area contributed by atoms with Gasteiger partial charge >= 0.3 is 0 Å². The second-order valence-electron chi connectivity index (χ2n) is 5.27. The smallest absolute Gasteiger partial charge is 0.0223 e.